The van der Waals surface area contributed by atoms with Gasteiger partial charge in [0.25, 0.3) is 0 Å². The number of hydrogen-bond acceptors (Lipinski definition) is 2. The number of hydrogen-bond donors (Lipinski definition) is 1. The molecule has 2 nitrogen and oxygen atoms in total. The lowest BCUT2D eigenvalue weighted by Gasteiger charge is -2.37. The van der Waals surface area contributed by atoms with E-state index in [-0.39, 0.29) is 5.82 Å². The van der Waals surface area contributed by atoms with Crippen LogP contribution in [0.5, 0.6) is 0 Å². The summed E-state index contributed by atoms with van der Waals surface area (Å²) in [4.78, 5) is 2.63. The zero-order valence-electron chi connectivity index (χ0n) is 10.7. The van der Waals surface area contributed by atoms with Gasteiger partial charge in [0.15, 0.2) is 0 Å². The highest BCUT2D eigenvalue weighted by Gasteiger charge is 2.38. The molecule has 2 N–H and O–H groups in total. The van der Waals surface area contributed by atoms with E-state index in [1.54, 1.807) is 12.1 Å². The number of nitrogens with zero attached hydrogens (tertiary/aromatic N) is 1. The Hall–Kier alpha value is -0.930. The SMILES string of the molecule is NC1CC2CCC(C1)N2CCc1ccc(F)cc1. The lowest BCUT2D eigenvalue weighted by molar-refractivity contribution is 0.129. The molecule has 0 spiro atoms. The zero-order valence-corrected chi connectivity index (χ0v) is 10.7. The van der Waals surface area contributed by atoms with Crippen molar-refractivity contribution in [3.63, 3.8) is 0 Å². The lowest BCUT2D eigenvalue weighted by Crippen LogP contribution is -2.48. The predicted octanol–water partition coefficient (Wildman–Crippen LogP) is 2.32. The van der Waals surface area contributed by atoms with Gasteiger partial charge in [0.2, 0.25) is 0 Å². The molecule has 2 saturated heterocycles. The Labute approximate surface area is 108 Å². The van der Waals surface area contributed by atoms with Crippen molar-refractivity contribution < 1.29 is 4.39 Å². The molecule has 0 saturated carbocycles. The molecule has 1 aromatic carbocycles. The van der Waals surface area contributed by atoms with E-state index < -0.39 is 0 Å². The molecule has 2 heterocycles. The maximum atomic E-state index is 12.8. The molecule has 0 amide bonds. The fraction of sp³-hybridized carbons (Fsp3) is 0.600. The van der Waals surface area contributed by atoms with Crippen molar-refractivity contribution in [3.05, 3.63) is 35.6 Å². The first kappa shape index (κ1) is 12.1. The average Bonchev–Trinajstić information content (AvgIpc) is 2.60. The predicted molar refractivity (Wildman–Crippen MR) is 70.8 cm³/mol. The average molecular weight is 248 g/mol. The van der Waals surface area contributed by atoms with Crippen molar-refractivity contribution in [1.29, 1.82) is 0 Å². The van der Waals surface area contributed by atoms with E-state index in [1.165, 1.54) is 18.4 Å². The monoisotopic (exact) mass is 248 g/mol. The highest BCUT2D eigenvalue weighted by molar-refractivity contribution is 5.16. The summed E-state index contributed by atoms with van der Waals surface area (Å²) in [7, 11) is 0. The van der Waals surface area contributed by atoms with Gasteiger partial charge in [-0.25, -0.2) is 4.39 Å². The third-order valence-electron chi connectivity index (χ3n) is 4.49. The number of piperidine rings is 1. The largest absolute Gasteiger partial charge is 0.328 e. The van der Waals surface area contributed by atoms with Crippen LogP contribution in [0.25, 0.3) is 0 Å². The van der Waals surface area contributed by atoms with Crippen molar-refractivity contribution in [3.8, 4) is 0 Å². The standard InChI is InChI=1S/C15H21FN2/c16-12-3-1-11(2-4-12)7-8-18-14-5-6-15(18)10-13(17)9-14/h1-4,13-15H,5-10,17H2. The third-order valence-corrected chi connectivity index (χ3v) is 4.49. The van der Waals surface area contributed by atoms with E-state index in [9.17, 15) is 4.39 Å². The minimum Gasteiger partial charge on any atom is -0.328 e. The van der Waals surface area contributed by atoms with Crippen LogP contribution in [0.15, 0.2) is 24.3 Å². The Balaban J connectivity index is 1.59. The van der Waals surface area contributed by atoms with Crippen molar-refractivity contribution in [2.24, 2.45) is 5.73 Å². The number of rotatable bonds is 3. The molecule has 3 rings (SSSR count). The van der Waals surface area contributed by atoms with E-state index in [4.69, 9.17) is 5.73 Å². The Bertz CT molecular complexity index is 389. The van der Waals surface area contributed by atoms with Crippen LogP contribution in [0.3, 0.4) is 0 Å². The molecule has 2 unspecified atom stereocenters. The molecule has 0 aliphatic carbocycles. The molecule has 2 fully saturated rings. The van der Waals surface area contributed by atoms with E-state index >= 15 is 0 Å². The summed E-state index contributed by atoms with van der Waals surface area (Å²) in [6.45, 7) is 1.09. The summed E-state index contributed by atoms with van der Waals surface area (Å²) in [5.74, 6) is -0.150. The fourth-order valence-corrected chi connectivity index (χ4v) is 3.59. The smallest absolute Gasteiger partial charge is 0.123 e. The van der Waals surface area contributed by atoms with E-state index in [0.29, 0.717) is 18.1 Å². The lowest BCUT2D eigenvalue weighted by atomic mass is 9.97. The Morgan fingerprint density at radius 1 is 1.11 bits per heavy atom. The van der Waals surface area contributed by atoms with Crippen molar-refractivity contribution in [2.75, 3.05) is 6.54 Å². The Kier molecular flexibility index (Phi) is 3.35. The van der Waals surface area contributed by atoms with Gasteiger partial charge in [0.1, 0.15) is 5.82 Å². The van der Waals surface area contributed by atoms with Crippen molar-refractivity contribution in [2.45, 2.75) is 50.2 Å². The Morgan fingerprint density at radius 3 is 2.33 bits per heavy atom. The summed E-state index contributed by atoms with van der Waals surface area (Å²) in [6, 6.07) is 8.69. The van der Waals surface area contributed by atoms with Gasteiger partial charge in [-0.15, -0.1) is 0 Å². The van der Waals surface area contributed by atoms with Gasteiger partial charge in [-0.1, -0.05) is 12.1 Å². The van der Waals surface area contributed by atoms with Gasteiger partial charge < -0.3 is 5.73 Å². The highest BCUT2D eigenvalue weighted by Crippen LogP contribution is 2.34. The highest BCUT2D eigenvalue weighted by atomic mass is 19.1. The van der Waals surface area contributed by atoms with Crippen molar-refractivity contribution in [1.82, 2.24) is 4.90 Å². The van der Waals surface area contributed by atoms with Gasteiger partial charge in [0.05, 0.1) is 0 Å². The second-order valence-electron chi connectivity index (χ2n) is 5.73. The number of nitrogens with two attached hydrogens (primary N) is 1. The van der Waals surface area contributed by atoms with Crippen LogP contribution in [0.1, 0.15) is 31.2 Å². The second-order valence-corrected chi connectivity index (χ2v) is 5.73. The normalized spacial score (nSPS) is 31.8. The van der Waals surface area contributed by atoms with E-state index in [0.717, 1.165) is 25.8 Å². The third kappa shape index (κ3) is 2.43. The zero-order chi connectivity index (χ0) is 12.5. The van der Waals surface area contributed by atoms with Crippen molar-refractivity contribution >= 4 is 0 Å². The molecule has 18 heavy (non-hydrogen) atoms. The molecule has 2 bridgehead atoms. The second kappa shape index (κ2) is 4.98. The first-order valence-corrected chi connectivity index (χ1v) is 6.98. The van der Waals surface area contributed by atoms with Crippen LogP contribution in [0.2, 0.25) is 0 Å². The van der Waals surface area contributed by atoms with Gasteiger partial charge in [0, 0.05) is 24.7 Å². The number of benzene rings is 1. The first-order valence-electron chi connectivity index (χ1n) is 6.98. The van der Waals surface area contributed by atoms with Crippen LogP contribution in [-0.2, 0) is 6.42 Å². The minimum absolute atomic E-state index is 0.150. The topological polar surface area (TPSA) is 29.3 Å². The summed E-state index contributed by atoms with van der Waals surface area (Å²) < 4.78 is 12.8. The van der Waals surface area contributed by atoms with Crippen LogP contribution in [0, 0.1) is 5.82 Å². The Morgan fingerprint density at radius 2 is 1.72 bits per heavy atom. The molecule has 0 aromatic heterocycles. The molecule has 2 atom stereocenters. The molecule has 0 radical (unpaired) electrons. The maximum Gasteiger partial charge on any atom is 0.123 e. The van der Waals surface area contributed by atoms with Gasteiger partial charge in [-0.05, 0) is 49.8 Å². The van der Waals surface area contributed by atoms with E-state index in [1.807, 2.05) is 12.1 Å². The summed E-state index contributed by atoms with van der Waals surface area (Å²) in [5, 5.41) is 0. The maximum absolute atomic E-state index is 12.8. The minimum atomic E-state index is -0.150. The molecular formula is C15H21FN2. The van der Waals surface area contributed by atoms with Crippen LogP contribution in [0.4, 0.5) is 4.39 Å². The van der Waals surface area contributed by atoms with E-state index in [2.05, 4.69) is 4.90 Å². The van der Waals surface area contributed by atoms with Gasteiger partial charge >= 0.3 is 0 Å². The van der Waals surface area contributed by atoms with Gasteiger partial charge in [-0.2, -0.15) is 0 Å². The quantitative estimate of drug-likeness (QED) is 0.889. The molecule has 1 aromatic rings. The summed E-state index contributed by atoms with van der Waals surface area (Å²) in [5.41, 5.74) is 7.30. The van der Waals surface area contributed by atoms with Crippen LogP contribution in [-0.4, -0.2) is 29.6 Å². The molecule has 3 heteroatoms. The van der Waals surface area contributed by atoms with Crippen LogP contribution >= 0.6 is 0 Å². The number of halogens is 1. The van der Waals surface area contributed by atoms with Gasteiger partial charge in [-0.3, -0.25) is 4.90 Å². The molecule has 98 valence electrons. The fourth-order valence-electron chi connectivity index (χ4n) is 3.59. The number of fused-ring (bicyclic) bond motifs is 2. The summed E-state index contributed by atoms with van der Waals surface area (Å²) >= 11 is 0. The molecule has 2 aliphatic rings. The van der Waals surface area contributed by atoms with Crippen LogP contribution < -0.4 is 5.73 Å². The summed E-state index contributed by atoms with van der Waals surface area (Å²) in [6.07, 6.45) is 5.94. The first-order chi connectivity index (χ1) is 8.72. The molecular weight excluding hydrogens is 227 g/mol. The molecule has 2 aliphatic heterocycles.